The Morgan fingerprint density at radius 2 is 2.17 bits per heavy atom. The Bertz CT molecular complexity index is 43.5. The minimum absolute atomic E-state index is 1.09. The van der Waals surface area contributed by atoms with E-state index >= 15 is 0 Å². The van der Waals surface area contributed by atoms with Gasteiger partial charge < -0.3 is 0 Å². The first-order valence-corrected chi connectivity index (χ1v) is 1.22. The summed E-state index contributed by atoms with van der Waals surface area (Å²) < 4.78 is 0. The fraction of sp³-hybridized carbons (Fsp3) is 0.500. The summed E-state index contributed by atoms with van der Waals surface area (Å²) in [5.74, 6) is -1.27. The largest absolute Gasteiger partial charge is 0.374 e. The van der Waals surface area contributed by atoms with Gasteiger partial charge in [-0.2, -0.15) is 0 Å². The summed E-state index contributed by atoms with van der Waals surface area (Å²) in [4.78, 5) is 12.0. The number of carbonyl (C=O) groups is 1. The molecule has 2 radical (unpaired) electrons. The topological polar surface area (TPSA) is 66.1 Å². The Kier molecular flexibility index (Phi) is 2.35. The highest BCUT2D eigenvalue weighted by molar-refractivity contribution is 5.69. The fourth-order valence-electron chi connectivity index (χ4n) is 0.0241. The molecular formula is C2H2O4. The third kappa shape index (κ3) is 1.68. The third-order valence-corrected chi connectivity index (χ3v) is 0.211. The molecular weight excluding hydrogens is 88.0 g/mol. The highest BCUT2D eigenvalue weighted by Gasteiger charge is 1.96. The molecule has 34 valence electrons. The van der Waals surface area contributed by atoms with Crippen LogP contribution in [0.1, 0.15) is 0 Å². The van der Waals surface area contributed by atoms with Gasteiger partial charge in [-0.3, -0.25) is 4.89 Å². The molecule has 0 amide bonds. The van der Waals surface area contributed by atoms with Gasteiger partial charge in [0.15, 0.2) is 6.61 Å². The van der Waals surface area contributed by atoms with E-state index in [1.54, 1.807) is 0 Å². The third-order valence-electron chi connectivity index (χ3n) is 0.211. The van der Waals surface area contributed by atoms with Gasteiger partial charge in [0.25, 0.3) is 0 Å². The van der Waals surface area contributed by atoms with E-state index in [-0.39, 0.29) is 0 Å². The molecule has 0 aliphatic heterocycles. The first-order valence-electron chi connectivity index (χ1n) is 1.22. The van der Waals surface area contributed by atoms with Crippen LogP contribution in [-0.4, -0.2) is 12.6 Å². The summed E-state index contributed by atoms with van der Waals surface area (Å²) in [7, 11) is 0. The first kappa shape index (κ1) is 5.39. The van der Waals surface area contributed by atoms with E-state index in [2.05, 4.69) is 4.89 Å². The van der Waals surface area contributed by atoms with Crippen molar-refractivity contribution in [2.75, 3.05) is 6.61 Å². The van der Waals surface area contributed by atoms with Crippen LogP contribution >= 0.6 is 0 Å². The quantitative estimate of drug-likeness (QED) is 0.316. The summed E-state index contributed by atoms with van der Waals surface area (Å²) in [6.45, 7) is -1.09. The lowest BCUT2D eigenvalue weighted by Crippen LogP contribution is -2.02. The molecule has 0 aliphatic carbocycles. The Morgan fingerprint density at radius 1 is 1.67 bits per heavy atom. The van der Waals surface area contributed by atoms with Gasteiger partial charge in [-0.15, -0.1) is 0 Å². The van der Waals surface area contributed by atoms with Crippen molar-refractivity contribution in [1.29, 1.82) is 0 Å². The summed E-state index contributed by atoms with van der Waals surface area (Å²) in [6.07, 6.45) is 0. The van der Waals surface area contributed by atoms with Crippen LogP contribution in [0, 0.1) is 0 Å². The molecule has 0 heterocycles. The van der Waals surface area contributed by atoms with Crippen molar-refractivity contribution < 1.29 is 20.0 Å². The Labute approximate surface area is 33.9 Å². The maximum absolute atomic E-state index is 9.33. The molecule has 0 unspecified atom stereocenters. The highest BCUT2D eigenvalue weighted by atomic mass is 17.1. The van der Waals surface area contributed by atoms with Crippen molar-refractivity contribution >= 4 is 5.97 Å². The van der Waals surface area contributed by atoms with Crippen molar-refractivity contribution in [2.45, 2.75) is 0 Å². The van der Waals surface area contributed by atoms with Crippen LogP contribution < -0.4 is 0 Å². The predicted octanol–water partition coefficient (Wildman–Crippen LogP) is -0.694. The van der Waals surface area contributed by atoms with Crippen LogP contribution in [0.4, 0.5) is 0 Å². The van der Waals surface area contributed by atoms with Gasteiger partial charge in [-0.1, -0.05) is 0 Å². The van der Waals surface area contributed by atoms with Crippen molar-refractivity contribution in [3.63, 3.8) is 0 Å². The molecule has 0 aromatic carbocycles. The number of carbonyl (C=O) groups excluding carboxylic acids is 1. The minimum atomic E-state index is -1.27. The molecule has 0 atom stereocenters. The Morgan fingerprint density at radius 3 is 2.17 bits per heavy atom. The SMILES string of the molecule is [O]CC(=O)O[O]. The van der Waals surface area contributed by atoms with Crippen molar-refractivity contribution in [2.24, 2.45) is 0 Å². The lowest BCUT2D eigenvalue weighted by atomic mass is 10.8. The van der Waals surface area contributed by atoms with E-state index in [0.29, 0.717) is 0 Å². The minimum Gasteiger partial charge on any atom is -0.263 e. The predicted molar refractivity (Wildman–Crippen MR) is 12.3 cm³/mol. The van der Waals surface area contributed by atoms with Crippen LogP contribution in [-0.2, 0) is 20.0 Å². The van der Waals surface area contributed by atoms with Gasteiger partial charge >= 0.3 is 5.97 Å². The zero-order valence-electron chi connectivity index (χ0n) is 2.84. The van der Waals surface area contributed by atoms with Gasteiger partial charge in [0, 0.05) is 5.26 Å². The molecule has 4 nitrogen and oxygen atoms in total. The highest BCUT2D eigenvalue weighted by Crippen LogP contribution is 1.65. The van der Waals surface area contributed by atoms with E-state index in [4.69, 9.17) is 5.26 Å². The second-order valence-corrected chi connectivity index (χ2v) is 0.600. The first-order chi connectivity index (χ1) is 2.81. The monoisotopic (exact) mass is 90.0 g/mol. The van der Waals surface area contributed by atoms with Crippen LogP contribution in [0.25, 0.3) is 0 Å². The van der Waals surface area contributed by atoms with Gasteiger partial charge in [0.1, 0.15) is 0 Å². The van der Waals surface area contributed by atoms with Crippen LogP contribution in [0.3, 0.4) is 0 Å². The molecule has 4 heteroatoms. The van der Waals surface area contributed by atoms with Crippen LogP contribution in [0.5, 0.6) is 0 Å². The lowest BCUT2D eigenvalue weighted by molar-refractivity contribution is -0.281. The zero-order chi connectivity index (χ0) is 4.99. The number of hydrogen-bond acceptors (Lipinski definition) is 2. The second kappa shape index (κ2) is 2.62. The average Bonchev–Trinajstić information content (AvgIpc) is 1.65. The maximum Gasteiger partial charge on any atom is 0.374 e. The van der Waals surface area contributed by atoms with E-state index in [0.717, 1.165) is 0 Å². The molecule has 0 rings (SSSR count). The Hall–Kier alpha value is -0.610. The average molecular weight is 90.0 g/mol. The molecule has 6 heavy (non-hydrogen) atoms. The molecule has 0 N–H and O–H groups in total. The van der Waals surface area contributed by atoms with Crippen molar-refractivity contribution in [3.05, 3.63) is 0 Å². The van der Waals surface area contributed by atoms with Gasteiger partial charge in [-0.05, 0) is 0 Å². The molecule has 0 aromatic rings. The summed E-state index contributed by atoms with van der Waals surface area (Å²) in [5.41, 5.74) is 0. The molecule has 0 bridgehead atoms. The Balaban J connectivity index is 2.99. The van der Waals surface area contributed by atoms with Crippen LogP contribution in [0.15, 0.2) is 0 Å². The van der Waals surface area contributed by atoms with Gasteiger partial charge in [-0.25, -0.2) is 9.90 Å². The molecule has 0 spiro atoms. The van der Waals surface area contributed by atoms with E-state index < -0.39 is 12.6 Å². The molecule has 0 aliphatic rings. The van der Waals surface area contributed by atoms with Gasteiger partial charge in [0.05, 0.1) is 0 Å². The standard InChI is InChI=1S/C2H2O4/c3-1-2(4)6-5/h1H2. The normalized spacial score (nSPS) is 7.67. The smallest absolute Gasteiger partial charge is 0.263 e. The second-order valence-electron chi connectivity index (χ2n) is 0.600. The summed E-state index contributed by atoms with van der Waals surface area (Å²) in [6, 6.07) is 0. The number of hydrogen-bond donors (Lipinski definition) is 0. The zero-order valence-corrected chi connectivity index (χ0v) is 2.84. The lowest BCUT2D eigenvalue weighted by Gasteiger charge is -1.77. The molecule has 0 saturated carbocycles. The van der Waals surface area contributed by atoms with E-state index in [1.165, 1.54) is 0 Å². The van der Waals surface area contributed by atoms with Crippen molar-refractivity contribution in [3.8, 4) is 0 Å². The summed E-state index contributed by atoms with van der Waals surface area (Å²) in [5, 5.41) is 18.0. The van der Waals surface area contributed by atoms with Crippen molar-refractivity contribution in [1.82, 2.24) is 0 Å². The van der Waals surface area contributed by atoms with E-state index in [9.17, 15) is 9.90 Å². The molecule has 0 saturated heterocycles. The number of rotatable bonds is 1. The molecule has 0 aromatic heterocycles. The fourth-order valence-corrected chi connectivity index (χ4v) is 0.0241. The van der Waals surface area contributed by atoms with Crippen LogP contribution in [0.2, 0.25) is 0 Å². The summed E-state index contributed by atoms with van der Waals surface area (Å²) >= 11 is 0. The van der Waals surface area contributed by atoms with E-state index in [1.807, 2.05) is 0 Å². The maximum atomic E-state index is 9.33. The van der Waals surface area contributed by atoms with Gasteiger partial charge in [0.2, 0.25) is 0 Å². The molecule has 0 fully saturated rings.